The van der Waals surface area contributed by atoms with Crippen LogP contribution in [-0.4, -0.2) is 27.0 Å². The minimum Gasteiger partial charge on any atom is -0.322 e. The number of carbonyl (C=O) groups is 2. The van der Waals surface area contributed by atoms with Crippen molar-refractivity contribution in [3.63, 3.8) is 0 Å². The van der Waals surface area contributed by atoms with Gasteiger partial charge in [0.15, 0.2) is 5.13 Å². The molecule has 1 unspecified atom stereocenters. The average Bonchev–Trinajstić information content (AvgIpc) is 3.27. The number of amides is 2. The van der Waals surface area contributed by atoms with E-state index >= 15 is 0 Å². The molecule has 4 aromatic rings. The summed E-state index contributed by atoms with van der Waals surface area (Å²) < 4.78 is 0. The fourth-order valence-corrected chi connectivity index (χ4v) is 5.42. The van der Waals surface area contributed by atoms with Crippen LogP contribution in [0.15, 0.2) is 83.8 Å². The van der Waals surface area contributed by atoms with E-state index in [2.05, 4.69) is 15.6 Å². The highest BCUT2D eigenvalue weighted by Crippen LogP contribution is 2.32. The number of nitro benzene ring substituents is 1. The van der Waals surface area contributed by atoms with Gasteiger partial charge in [0, 0.05) is 38.7 Å². The molecule has 10 heteroatoms. The zero-order valence-corrected chi connectivity index (χ0v) is 21.8. The molecule has 3 aromatic carbocycles. The van der Waals surface area contributed by atoms with Crippen molar-refractivity contribution in [2.45, 2.75) is 30.4 Å². The van der Waals surface area contributed by atoms with Crippen molar-refractivity contribution in [2.24, 2.45) is 0 Å². The first kappa shape index (κ1) is 26.1. The van der Waals surface area contributed by atoms with Gasteiger partial charge in [-0.15, -0.1) is 23.1 Å². The normalized spacial score (nSPS) is 11.5. The van der Waals surface area contributed by atoms with E-state index < -0.39 is 4.92 Å². The van der Waals surface area contributed by atoms with E-state index in [1.54, 1.807) is 18.2 Å². The number of hydrogen-bond donors (Lipinski definition) is 2. The summed E-state index contributed by atoms with van der Waals surface area (Å²) in [6.45, 7) is 3.93. The van der Waals surface area contributed by atoms with Gasteiger partial charge in [0.05, 0.1) is 15.9 Å². The maximum atomic E-state index is 13.0. The fraction of sp³-hybridized carbons (Fsp3) is 0.148. The van der Waals surface area contributed by atoms with Crippen molar-refractivity contribution in [2.75, 3.05) is 10.6 Å². The number of non-ortho nitro benzene ring substituents is 1. The Morgan fingerprint density at radius 2 is 1.76 bits per heavy atom. The monoisotopic (exact) mass is 532 g/mol. The molecule has 0 aliphatic rings. The Balaban J connectivity index is 1.40. The summed E-state index contributed by atoms with van der Waals surface area (Å²) in [6.07, 6.45) is 0.603. The van der Waals surface area contributed by atoms with Gasteiger partial charge >= 0.3 is 0 Å². The third-order valence-corrected chi connectivity index (χ3v) is 7.69. The van der Waals surface area contributed by atoms with Crippen LogP contribution in [0.5, 0.6) is 0 Å². The van der Waals surface area contributed by atoms with Crippen molar-refractivity contribution in [1.82, 2.24) is 4.98 Å². The molecular weight excluding hydrogens is 508 g/mol. The van der Waals surface area contributed by atoms with Gasteiger partial charge in [-0.2, -0.15) is 0 Å². The van der Waals surface area contributed by atoms with Crippen molar-refractivity contribution < 1.29 is 14.5 Å². The van der Waals surface area contributed by atoms with Crippen LogP contribution in [0.25, 0.3) is 11.3 Å². The molecule has 1 atom stereocenters. The van der Waals surface area contributed by atoms with Gasteiger partial charge in [-0.25, -0.2) is 4.98 Å². The number of hydrogen-bond acceptors (Lipinski definition) is 7. The molecular formula is C27H24N4O4S2. The largest absolute Gasteiger partial charge is 0.322 e. The summed E-state index contributed by atoms with van der Waals surface area (Å²) in [7, 11) is 0. The Morgan fingerprint density at radius 1 is 1.03 bits per heavy atom. The highest BCUT2D eigenvalue weighted by molar-refractivity contribution is 8.00. The molecule has 1 aromatic heterocycles. The Labute approximate surface area is 222 Å². The number of nitrogens with zero attached hydrogens (tertiary/aromatic N) is 2. The van der Waals surface area contributed by atoms with Crippen molar-refractivity contribution >= 4 is 51.4 Å². The number of aryl methyl sites for hydroxylation is 1. The first-order valence-electron chi connectivity index (χ1n) is 11.5. The summed E-state index contributed by atoms with van der Waals surface area (Å²) in [5, 5.41) is 16.8. The van der Waals surface area contributed by atoms with E-state index in [0.717, 1.165) is 21.0 Å². The van der Waals surface area contributed by atoms with Crippen LogP contribution < -0.4 is 10.6 Å². The van der Waals surface area contributed by atoms with Crippen molar-refractivity contribution in [1.29, 1.82) is 0 Å². The van der Waals surface area contributed by atoms with Crippen LogP contribution in [0.1, 0.15) is 28.6 Å². The predicted octanol–water partition coefficient (Wildman–Crippen LogP) is 6.79. The maximum Gasteiger partial charge on any atom is 0.269 e. The summed E-state index contributed by atoms with van der Waals surface area (Å²) in [4.78, 5) is 42.4. The van der Waals surface area contributed by atoms with E-state index in [0.29, 0.717) is 22.8 Å². The second-order valence-corrected chi connectivity index (χ2v) is 10.6. The first-order chi connectivity index (χ1) is 17.8. The number of benzene rings is 3. The molecule has 8 nitrogen and oxygen atoms in total. The van der Waals surface area contributed by atoms with Gasteiger partial charge in [-0.3, -0.25) is 19.7 Å². The zero-order valence-electron chi connectivity index (χ0n) is 20.1. The van der Waals surface area contributed by atoms with Gasteiger partial charge in [0.25, 0.3) is 11.6 Å². The van der Waals surface area contributed by atoms with Crippen LogP contribution in [0.3, 0.4) is 0 Å². The van der Waals surface area contributed by atoms with Gasteiger partial charge in [-0.05, 0) is 43.7 Å². The Bertz CT molecular complexity index is 1420. The predicted molar refractivity (Wildman–Crippen MR) is 148 cm³/mol. The van der Waals surface area contributed by atoms with Crippen molar-refractivity contribution in [3.8, 4) is 11.3 Å². The molecule has 2 amide bonds. The molecule has 37 heavy (non-hydrogen) atoms. The van der Waals surface area contributed by atoms with E-state index in [4.69, 9.17) is 0 Å². The van der Waals surface area contributed by atoms with Gasteiger partial charge < -0.3 is 10.6 Å². The van der Waals surface area contributed by atoms with Crippen LogP contribution in [0.4, 0.5) is 16.5 Å². The van der Waals surface area contributed by atoms with Gasteiger partial charge in [0.1, 0.15) is 0 Å². The van der Waals surface area contributed by atoms with Crippen LogP contribution in [-0.2, 0) is 4.79 Å². The highest BCUT2D eigenvalue weighted by Gasteiger charge is 2.21. The summed E-state index contributed by atoms with van der Waals surface area (Å²) in [6, 6.07) is 22.5. The topological polar surface area (TPSA) is 114 Å². The molecule has 0 spiro atoms. The molecule has 0 saturated carbocycles. The Kier molecular flexibility index (Phi) is 8.32. The fourth-order valence-electron chi connectivity index (χ4n) is 3.57. The molecule has 0 bridgehead atoms. The number of aromatic nitrogens is 1. The molecule has 4 rings (SSSR count). The molecule has 2 N–H and O–H groups in total. The molecule has 0 aliphatic heterocycles. The standard InChI is InChI=1S/C27H24N4O4S2/c1-3-23(26(33)30-27-29-24(17(2)36-27)18-8-5-4-6-9-18)37-22-11-7-10-20(16-22)28-25(32)19-12-14-21(15-13-19)31(34)35/h4-16,23H,3H2,1-2H3,(H,28,32)(H,29,30,33). The minimum atomic E-state index is -0.513. The third kappa shape index (κ3) is 6.60. The minimum absolute atomic E-state index is 0.0805. The van der Waals surface area contributed by atoms with E-state index in [-0.39, 0.29) is 22.8 Å². The summed E-state index contributed by atoms with van der Waals surface area (Å²) in [5.74, 6) is -0.517. The summed E-state index contributed by atoms with van der Waals surface area (Å²) >= 11 is 2.85. The number of nitrogens with one attached hydrogen (secondary N) is 2. The van der Waals surface area contributed by atoms with Crippen LogP contribution >= 0.6 is 23.1 Å². The average molecular weight is 533 g/mol. The SMILES string of the molecule is CCC(Sc1cccc(NC(=O)c2ccc([N+](=O)[O-])cc2)c1)C(=O)Nc1nc(-c2ccccc2)c(C)s1. The van der Waals surface area contributed by atoms with Gasteiger partial charge in [0.2, 0.25) is 5.91 Å². The second-order valence-electron chi connectivity index (χ2n) is 8.08. The lowest BCUT2D eigenvalue weighted by atomic mass is 10.1. The zero-order chi connectivity index (χ0) is 26.4. The number of carbonyl (C=O) groups excluding carboxylic acids is 2. The van der Waals surface area contributed by atoms with Crippen LogP contribution in [0.2, 0.25) is 0 Å². The third-order valence-electron chi connectivity index (χ3n) is 5.45. The molecule has 0 aliphatic carbocycles. The quantitative estimate of drug-likeness (QED) is 0.139. The maximum absolute atomic E-state index is 13.0. The lowest BCUT2D eigenvalue weighted by Crippen LogP contribution is -2.24. The second kappa shape index (κ2) is 11.8. The molecule has 0 radical (unpaired) electrons. The van der Waals surface area contributed by atoms with E-state index in [1.165, 1.54) is 47.4 Å². The molecule has 0 saturated heterocycles. The molecule has 1 heterocycles. The number of thiazole rings is 1. The van der Waals surface area contributed by atoms with Gasteiger partial charge in [-0.1, -0.05) is 43.3 Å². The lowest BCUT2D eigenvalue weighted by molar-refractivity contribution is -0.384. The van der Waals surface area contributed by atoms with Crippen LogP contribution in [0, 0.1) is 17.0 Å². The number of nitro groups is 1. The number of rotatable bonds is 9. The highest BCUT2D eigenvalue weighted by atomic mass is 32.2. The van der Waals surface area contributed by atoms with Crippen molar-refractivity contribution in [3.05, 3.63) is 99.4 Å². The Morgan fingerprint density at radius 3 is 2.43 bits per heavy atom. The Hall–Kier alpha value is -4.02. The van der Waals surface area contributed by atoms with E-state index in [9.17, 15) is 19.7 Å². The molecule has 188 valence electrons. The molecule has 0 fully saturated rings. The summed E-state index contributed by atoms with van der Waals surface area (Å²) in [5.41, 5.74) is 2.65. The number of thioether (sulfide) groups is 1. The lowest BCUT2D eigenvalue weighted by Gasteiger charge is -2.14. The first-order valence-corrected chi connectivity index (χ1v) is 13.2. The smallest absolute Gasteiger partial charge is 0.269 e. The number of anilines is 2. The van der Waals surface area contributed by atoms with E-state index in [1.807, 2.05) is 50.2 Å².